The van der Waals surface area contributed by atoms with Crippen LogP contribution < -0.4 is 17.1 Å². The summed E-state index contributed by atoms with van der Waals surface area (Å²) in [5, 5.41) is 0. The largest absolute Gasteiger partial charge is 0.374 e. The van der Waals surface area contributed by atoms with Gasteiger partial charge in [0.2, 0.25) is 0 Å². The number of thiol groups is 1. The first-order valence-corrected chi connectivity index (χ1v) is 12.9. The second kappa shape index (κ2) is 12.0. The number of hydrogen-bond donors (Lipinski definition) is 3. The summed E-state index contributed by atoms with van der Waals surface area (Å²) in [6.45, 7) is 4.00. The summed E-state index contributed by atoms with van der Waals surface area (Å²) in [5.74, 6) is 5.27. The fourth-order valence-electron chi connectivity index (χ4n) is 3.50. The number of methoxy groups -OCH3 is 1. The molecule has 3 N–H and O–H groups in total. The fourth-order valence-corrected chi connectivity index (χ4v) is 5.91. The third kappa shape index (κ3) is 5.69. The molecule has 1 aliphatic carbocycles. The third-order valence-corrected chi connectivity index (χ3v) is 7.81. The first kappa shape index (κ1) is 25.9. The summed E-state index contributed by atoms with van der Waals surface area (Å²) in [6.07, 6.45) is -0.310. The van der Waals surface area contributed by atoms with Gasteiger partial charge in [-0.1, -0.05) is 26.1 Å². The molecule has 1 aromatic rings. The molecular formula is C16H29N3O8P2S. The predicted octanol–water partition coefficient (Wildman–Crippen LogP) is 1.90. The molecule has 11 nitrogen and oxygen atoms in total. The van der Waals surface area contributed by atoms with Crippen molar-refractivity contribution >= 4 is 28.2 Å². The average Bonchev–Trinajstić information content (AvgIpc) is 3.45. The minimum Gasteiger partial charge on any atom is -0.374 e. The monoisotopic (exact) mass is 485 g/mol. The van der Waals surface area contributed by atoms with Crippen molar-refractivity contribution in [3.8, 4) is 0 Å². The smallest absolute Gasteiger partial charge is 0.330 e. The lowest BCUT2D eigenvalue weighted by Crippen LogP contribution is -2.39. The van der Waals surface area contributed by atoms with E-state index in [0.29, 0.717) is 0 Å². The van der Waals surface area contributed by atoms with Crippen LogP contribution in [0.2, 0.25) is 0 Å². The number of nitrogens with two attached hydrogens (primary N) is 1. The summed E-state index contributed by atoms with van der Waals surface area (Å²) >= 11 is 4.19. The SMILES string of the molecule is CC.COC1C(OP(S)ON)C(C2CC2P(OC)OC)OC1n1ccc(=O)[nH]c1=O. The molecule has 0 bridgehead atoms. The summed E-state index contributed by atoms with van der Waals surface area (Å²) in [6, 6.07) is 1.24. The number of aromatic amines is 1. The number of rotatable bonds is 9. The average molecular weight is 485 g/mol. The Morgan fingerprint density at radius 1 is 1.23 bits per heavy atom. The maximum atomic E-state index is 12.3. The van der Waals surface area contributed by atoms with Crippen LogP contribution in [0.15, 0.2) is 21.9 Å². The van der Waals surface area contributed by atoms with E-state index in [2.05, 4.69) is 21.9 Å². The van der Waals surface area contributed by atoms with Gasteiger partial charge >= 0.3 is 5.69 Å². The standard InChI is InChI=1S/C14H23N3O8P2S.C2H6/c1-20-12-11(24-27(28)25-15)10(7-6-8(7)26(21-2)22-3)23-13(12)17-5-4-9(18)16-14(17)19;1-2/h4-5,7-8,10-13,28H,6,15H2,1-3H3,(H,16,18,19);1-2H3. The first-order valence-electron chi connectivity index (χ1n) is 9.35. The van der Waals surface area contributed by atoms with Gasteiger partial charge in [-0.25, -0.2) is 15.3 Å². The Hall–Kier alpha value is -0.390. The Morgan fingerprint density at radius 3 is 2.43 bits per heavy atom. The number of ether oxygens (including phenoxy) is 2. The topological polar surface area (TPSA) is 136 Å². The van der Waals surface area contributed by atoms with E-state index in [4.69, 9.17) is 28.9 Å². The van der Waals surface area contributed by atoms with Gasteiger partial charge in [0.05, 0.1) is 6.10 Å². The molecule has 14 heteroatoms. The van der Waals surface area contributed by atoms with Crippen LogP contribution in [0.3, 0.4) is 0 Å². The van der Waals surface area contributed by atoms with E-state index in [0.717, 1.165) is 6.42 Å². The molecule has 7 unspecified atom stereocenters. The lowest BCUT2D eigenvalue weighted by Gasteiger charge is -2.25. The van der Waals surface area contributed by atoms with E-state index in [1.54, 1.807) is 14.2 Å². The van der Waals surface area contributed by atoms with Gasteiger partial charge in [-0.05, 0) is 12.3 Å². The van der Waals surface area contributed by atoms with Crippen molar-refractivity contribution in [2.24, 2.45) is 11.8 Å². The van der Waals surface area contributed by atoms with Crippen molar-refractivity contribution in [3.05, 3.63) is 33.1 Å². The van der Waals surface area contributed by atoms with Crippen LogP contribution in [0.4, 0.5) is 0 Å². The molecule has 172 valence electrons. The summed E-state index contributed by atoms with van der Waals surface area (Å²) < 4.78 is 34.4. The minimum absolute atomic E-state index is 0.0756. The van der Waals surface area contributed by atoms with Gasteiger partial charge in [0.15, 0.2) is 14.6 Å². The highest BCUT2D eigenvalue weighted by molar-refractivity contribution is 8.41. The van der Waals surface area contributed by atoms with Crippen molar-refractivity contribution in [2.45, 2.75) is 50.5 Å². The number of hydrogen-bond acceptors (Lipinski definition) is 10. The second-order valence-electron chi connectivity index (χ2n) is 6.24. The van der Waals surface area contributed by atoms with Gasteiger partial charge in [-0.3, -0.25) is 14.3 Å². The van der Waals surface area contributed by atoms with E-state index < -0.39 is 51.7 Å². The normalized spacial score (nSPS) is 31.3. The zero-order chi connectivity index (χ0) is 22.4. The Labute approximate surface area is 182 Å². The van der Waals surface area contributed by atoms with Crippen LogP contribution in [-0.4, -0.2) is 54.9 Å². The Bertz CT molecular complexity index is 779. The van der Waals surface area contributed by atoms with Crippen molar-refractivity contribution in [1.29, 1.82) is 0 Å². The molecule has 1 saturated heterocycles. The maximum Gasteiger partial charge on any atom is 0.330 e. The Morgan fingerprint density at radius 2 is 1.90 bits per heavy atom. The zero-order valence-corrected chi connectivity index (χ0v) is 20.1. The molecule has 0 aromatic carbocycles. The molecule has 1 saturated carbocycles. The first-order chi connectivity index (χ1) is 14.4. The quantitative estimate of drug-likeness (QED) is 0.272. The summed E-state index contributed by atoms with van der Waals surface area (Å²) in [4.78, 5) is 25.9. The number of H-pyrrole nitrogens is 1. The molecular weight excluding hydrogens is 456 g/mol. The predicted molar refractivity (Wildman–Crippen MR) is 116 cm³/mol. The number of nitrogens with zero attached hydrogens (tertiary/aromatic N) is 1. The highest BCUT2D eigenvalue weighted by Crippen LogP contribution is 2.62. The second-order valence-corrected chi connectivity index (χ2v) is 10.1. The lowest BCUT2D eigenvalue weighted by molar-refractivity contribution is -0.0570. The minimum atomic E-state index is -1.67. The van der Waals surface area contributed by atoms with Crippen LogP contribution in [-0.2, 0) is 27.7 Å². The van der Waals surface area contributed by atoms with Gasteiger partial charge in [0.25, 0.3) is 13.1 Å². The fraction of sp³-hybridized carbons (Fsp3) is 0.750. The van der Waals surface area contributed by atoms with Crippen LogP contribution >= 0.6 is 28.2 Å². The van der Waals surface area contributed by atoms with Crippen LogP contribution in [0.1, 0.15) is 26.5 Å². The molecule has 7 atom stereocenters. The Kier molecular flexibility index (Phi) is 10.4. The lowest BCUT2D eigenvalue weighted by atomic mass is 10.1. The van der Waals surface area contributed by atoms with E-state index >= 15 is 0 Å². The van der Waals surface area contributed by atoms with Gasteiger partial charge in [-0.2, -0.15) is 0 Å². The highest BCUT2D eigenvalue weighted by Gasteiger charge is 2.59. The molecule has 2 aliphatic rings. The maximum absolute atomic E-state index is 12.3. The van der Waals surface area contributed by atoms with Crippen LogP contribution in [0.25, 0.3) is 0 Å². The highest BCUT2D eigenvalue weighted by atomic mass is 32.7. The molecule has 0 amide bonds. The Balaban J connectivity index is 0.00000155. The van der Waals surface area contributed by atoms with E-state index in [1.807, 2.05) is 13.8 Å². The molecule has 1 aliphatic heterocycles. The molecule has 3 rings (SSSR count). The third-order valence-electron chi connectivity index (χ3n) is 4.78. The molecule has 0 radical (unpaired) electrons. The summed E-state index contributed by atoms with van der Waals surface area (Å²) in [7, 11) is 1.96. The van der Waals surface area contributed by atoms with Crippen LogP contribution in [0, 0.1) is 5.92 Å². The van der Waals surface area contributed by atoms with Gasteiger partial charge in [-0.15, -0.1) is 0 Å². The van der Waals surface area contributed by atoms with Crippen molar-refractivity contribution in [1.82, 2.24) is 9.55 Å². The number of aromatic nitrogens is 2. The van der Waals surface area contributed by atoms with Crippen LogP contribution in [0.5, 0.6) is 0 Å². The van der Waals surface area contributed by atoms with E-state index in [1.165, 1.54) is 23.9 Å². The van der Waals surface area contributed by atoms with Gasteiger partial charge < -0.3 is 23.0 Å². The van der Waals surface area contributed by atoms with Crippen molar-refractivity contribution in [3.63, 3.8) is 0 Å². The van der Waals surface area contributed by atoms with Gasteiger partial charge in [0, 0.05) is 39.3 Å². The molecule has 0 spiro atoms. The molecule has 2 fully saturated rings. The van der Waals surface area contributed by atoms with Crippen molar-refractivity contribution in [2.75, 3.05) is 21.3 Å². The molecule has 30 heavy (non-hydrogen) atoms. The summed E-state index contributed by atoms with van der Waals surface area (Å²) in [5.41, 5.74) is -0.943. The van der Waals surface area contributed by atoms with Crippen molar-refractivity contribution < 1.29 is 27.7 Å². The molecule has 1 aromatic heterocycles. The van der Waals surface area contributed by atoms with E-state index in [-0.39, 0.29) is 11.6 Å². The molecule has 2 heterocycles. The number of nitrogens with one attached hydrogen (secondary N) is 1. The zero-order valence-electron chi connectivity index (χ0n) is 17.5. The van der Waals surface area contributed by atoms with Gasteiger partial charge in [0.1, 0.15) is 12.2 Å². The van der Waals surface area contributed by atoms with E-state index in [9.17, 15) is 9.59 Å².